The first kappa shape index (κ1) is 28.6. The summed E-state index contributed by atoms with van der Waals surface area (Å²) >= 11 is 0. The highest BCUT2D eigenvalue weighted by atomic mass is 16.1. The van der Waals surface area contributed by atoms with Gasteiger partial charge < -0.3 is 4.79 Å². The molecule has 1 atom stereocenters. The van der Waals surface area contributed by atoms with Gasteiger partial charge in [-0.3, -0.25) is 4.90 Å². The number of aldehydes is 1. The van der Waals surface area contributed by atoms with Gasteiger partial charge in [0.15, 0.2) is 0 Å². The third-order valence-corrected chi connectivity index (χ3v) is 7.13. The maximum atomic E-state index is 10.7. The van der Waals surface area contributed by atoms with E-state index in [2.05, 4.69) is 110 Å². The van der Waals surface area contributed by atoms with Crippen molar-refractivity contribution in [3.05, 3.63) is 113 Å². The Kier molecular flexibility index (Phi) is 12.9. The van der Waals surface area contributed by atoms with E-state index in [1.165, 1.54) is 72.8 Å². The van der Waals surface area contributed by atoms with Crippen LogP contribution in [0.5, 0.6) is 0 Å². The second kappa shape index (κ2) is 16.7. The smallest absolute Gasteiger partial charge is 0.120 e. The van der Waals surface area contributed by atoms with E-state index in [-0.39, 0.29) is 6.04 Å². The van der Waals surface area contributed by atoms with Gasteiger partial charge >= 0.3 is 0 Å². The highest BCUT2D eigenvalue weighted by molar-refractivity contribution is 5.50. The number of unbranched alkanes of at least 4 members (excludes halogenated alkanes) is 5. The molecule has 3 aromatic rings. The van der Waals surface area contributed by atoms with Gasteiger partial charge in [-0.05, 0) is 54.0 Å². The van der Waals surface area contributed by atoms with E-state index in [0.29, 0.717) is 6.42 Å². The number of nitrogens with zero attached hydrogens (tertiary/aromatic N) is 1. The minimum absolute atomic E-state index is 0.290. The second-order valence-corrected chi connectivity index (χ2v) is 10.3. The van der Waals surface area contributed by atoms with Crippen molar-refractivity contribution in [1.82, 2.24) is 4.90 Å². The molecule has 2 heteroatoms. The molecule has 0 aliphatic carbocycles. The van der Waals surface area contributed by atoms with Crippen LogP contribution < -0.4 is 0 Å². The molecule has 37 heavy (non-hydrogen) atoms. The molecule has 2 nitrogen and oxygen atoms in total. The lowest BCUT2D eigenvalue weighted by molar-refractivity contribution is -0.107. The van der Waals surface area contributed by atoms with Gasteiger partial charge in [0.1, 0.15) is 6.29 Å². The second-order valence-electron chi connectivity index (χ2n) is 10.3. The summed E-state index contributed by atoms with van der Waals surface area (Å²) in [5.74, 6) is 0. The molecule has 0 N–H and O–H groups in total. The van der Waals surface area contributed by atoms with Gasteiger partial charge in [0, 0.05) is 25.6 Å². The van der Waals surface area contributed by atoms with E-state index in [9.17, 15) is 4.79 Å². The number of benzene rings is 3. The molecule has 0 aliphatic heterocycles. The lowest BCUT2D eigenvalue weighted by Gasteiger charge is -2.27. The number of rotatable bonds is 17. The quantitative estimate of drug-likeness (QED) is 0.138. The zero-order valence-electron chi connectivity index (χ0n) is 22.9. The Bertz CT molecular complexity index is 1040. The fourth-order valence-corrected chi connectivity index (χ4v) is 4.71. The van der Waals surface area contributed by atoms with Crippen molar-refractivity contribution in [2.24, 2.45) is 0 Å². The predicted octanol–water partition coefficient (Wildman–Crippen LogP) is 8.83. The van der Waals surface area contributed by atoms with Crippen LogP contribution in [0.25, 0.3) is 6.08 Å². The maximum Gasteiger partial charge on any atom is 0.120 e. The van der Waals surface area contributed by atoms with Crippen LogP contribution in [0.15, 0.2) is 84.9 Å². The first-order valence-electron chi connectivity index (χ1n) is 14.2. The highest BCUT2D eigenvalue weighted by Crippen LogP contribution is 2.18. The Hall–Kier alpha value is -2.97. The van der Waals surface area contributed by atoms with E-state index < -0.39 is 0 Å². The van der Waals surface area contributed by atoms with E-state index in [1.54, 1.807) is 0 Å². The Balaban J connectivity index is 1.63. The number of aryl methyl sites for hydroxylation is 2. The van der Waals surface area contributed by atoms with Gasteiger partial charge in [0.25, 0.3) is 0 Å². The van der Waals surface area contributed by atoms with Gasteiger partial charge in [-0.2, -0.15) is 0 Å². The third-order valence-electron chi connectivity index (χ3n) is 7.13. The average Bonchev–Trinajstić information content (AvgIpc) is 2.94. The first-order chi connectivity index (χ1) is 18.2. The zero-order chi connectivity index (χ0) is 26.1. The summed E-state index contributed by atoms with van der Waals surface area (Å²) in [6.45, 7) is 6.35. The van der Waals surface area contributed by atoms with Crippen molar-refractivity contribution in [2.45, 2.75) is 90.8 Å². The Morgan fingerprint density at radius 3 is 1.81 bits per heavy atom. The van der Waals surface area contributed by atoms with Crippen LogP contribution in [-0.4, -0.2) is 17.2 Å². The van der Waals surface area contributed by atoms with Crippen LogP contribution >= 0.6 is 0 Å². The topological polar surface area (TPSA) is 20.3 Å². The largest absolute Gasteiger partial charge is 0.303 e. The lowest BCUT2D eigenvalue weighted by atomic mass is 10.0. The molecule has 0 amide bonds. The predicted molar refractivity (Wildman–Crippen MR) is 159 cm³/mol. The molecule has 0 fully saturated rings. The van der Waals surface area contributed by atoms with Crippen molar-refractivity contribution >= 4 is 12.4 Å². The van der Waals surface area contributed by atoms with Gasteiger partial charge in [-0.25, -0.2) is 0 Å². The standard InChI is InChI=1S/C35H45NO/c1-3-4-5-6-7-9-15-32-19-23-34(24-20-32)28-36(30(2)17-18-31-13-10-8-11-14-31)29-35-25-21-33(22-26-35)16-12-27-37/h8,10-11,13-14,17-27,30H,3-7,9,12,15-16,28-29H2,1-2H3/b18-17+. The monoisotopic (exact) mass is 495 g/mol. The van der Waals surface area contributed by atoms with E-state index in [0.717, 1.165) is 25.8 Å². The lowest BCUT2D eigenvalue weighted by Crippen LogP contribution is -2.30. The summed E-state index contributed by atoms with van der Waals surface area (Å²) in [5, 5.41) is 0. The molecule has 1 unspecified atom stereocenters. The molecular weight excluding hydrogens is 450 g/mol. The molecule has 196 valence electrons. The molecular formula is C35H45NO. The number of carbonyl (C=O) groups excluding carboxylic acids is 1. The van der Waals surface area contributed by atoms with Crippen molar-refractivity contribution in [1.29, 1.82) is 0 Å². The molecule has 0 aromatic heterocycles. The normalized spacial score (nSPS) is 12.3. The molecule has 0 heterocycles. The van der Waals surface area contributed by atoms with E-state index >= 15 is 0 Å². The van der Waals surface area contributed by atoms with Crippen molar-refractivity contribution < 1.29 is 4.79 Å². The van der Waals surface area contributed by atoms with Gasteiger partial charge in [0.2, 0.25) is 0 Å². The van der Waals surface area contributed by atoms with Gasteiger partial charge in [-0.15, -0.1) is 0 Å². The van der Waals surface area contributed by atoms with Gasteiger partial charge in [-0.1, -0.05) is 130 Å². The maximum absolute atomic E-state index is 10.7. The fraction of sp³-hybridized carbons (Fsp3) is 0.400. The summed E-state index contributed by atoms with van der Waals surface area (Å²) in [4.78, 5) is 13.2. The van der Waals surface area contributed by atoms with Crippen LogP contribution in [0, 0.1) is 0 Å². The van der Waals surface area contributed by atoms with Crippen LogP contribution in [0.2, 0.25) is 0 Å². The molecule has 3 rings (SSSR count). The molecule has 0 aliphatic rings. The number of hydrogen-bond acceptors (Lipinski definition) is 2. The number of hydrogen-bond donors (Lipinski definition) is 0. The minimum atomic E-state index is 0.290. The molecule has 0 saturated carbocycles. The van der Waals surface area contributed by atoms with Crippen molar-refractivity contribution in [3.8, 4) is 0 Å². The fourth-order valence-electron chi connectivity index (χ4n) is 4.71. The van der Waals surface area contributed by atoms with Crippen molar-refractivity contribution in [3.63, 3.8) is 0 Å². The van der Waals surface area contributed by atoms with Crippen LogP contribution in [0.4, 0.5) is 0 Å². The SMILES string of the molecule is CCCCCCCCc1ccc(CN(Cc2ccc(CCC=O)cc2)C(C)/C=C/c2ccccc2)cc1. The third kappa shape index (κ3) is 10.9. The van der Waals surface area contributed by atoms with Crippen LogP contribution in [-0.2, 0) is 30.7 Å². The van der Waals surface area contributed by atoms with E-state index in [1.807, 2.05) is 0 Å². The van der Waals surface area contributed by atoms with Crippen LogP contribution in [0.3, 0.4) is 0 Å². The first-order valence-corrected chi connectivity index (χ1v) is 14.2. The molecule has 0 saturated heterocycles. The molecule has 0 radical (unpaired) electrons. The summed E-state index contributed by atoms with van der Waals surface area (Å²) < 4.78 is 0. The Morgan fingerprint density at radius 1 is 0.676 bits per heavy atom. The Labute approximate surface area is 225 Å². The van der Waals surface area contributed by atoms with Crippen molar-refractivity contribution in [2.75, 3.05) is 0 Å². The Morgan fingerprint density at radius 2 is 1.22 bits per heavy atom. The van der Waals surface area contributed by atoms with Crippen LogP contribution in [0.1, 0.15) is 86.6 Å². The number of carbonyl (C=O) groups is 1. The van der Waals surface area contributed by atoms with Gasteiger partial charge in [0.05, 0.1) is 0 Å². The summed E-state index contributed by atoms with van der Waals surface area (Å²) in [6.07, 6.45) is 16.2. The molecule has 0 spiro atoms. The molecule has 0 bridgehead atoms. The highest BCUT2D eigenvalue weighted by Gasteiger charge is 2.13. The average molecular weight is 496 g/mol. The summed E-state index contributed by atoms with van der Waals surface area (Å²) in [7, 11) is 0. The zero-order valence-corrected chi connectivity index (χ0v) is 22.9. The molecule has 3 aromatic carbocycles. The van der Waals surface area contributed by atoms with E-state index in [4.69, 9.17) is 0 Å². The minimum Gasteiger partial charge on any atom is -0.303 e. The summed E-state index contributed by atoms with van der Waals surface area (Å²) in [5.41, 5.74) is 6.56. The summed E-state index contributed by atoms with van der Waals surface area (Å²) in [6, 6.07) is 28.8.